The van der Waals surface area contributed by atoms with Gasteiger partial charge in [-0.25, -0.2) is 4.98 Å². The molecular formula is C28H35ClN6O5S. The van der Waals surface area contributed by atoms with Gasteiger partial charge in [-0.1, -0.05) is 11.6 Å². The smallest absolute Gasteiger partial charge is 0.280 e. The Bertz CT molecular complexity index is 1450. The summed E-state index contributed by atoms with van der Waals surface area (Å²) in [5, 5.41) is 17.6. The summed E-state index contributed by atoms with van der Waals surface area (Å²) in [6.07, 6.45) is 1.15. The number of hydrogen-bond acceptors (Lipinski definition) is 8. The summed E-state index contributed by atoms with van der Waals surface area (Å²) in [4.78, 5) is 51.9. The van der Waals surface area contributed by atoms with Gasteiger partial charge >= 0.3 is 0 Å². The van der Waals surface area contributed by atoms with Crippen molar-refractivity contribution >= 4 is 51.6 Å². The van der Waals surface area contributed by atoms with E-state index in [2.05, 4.69) is 25.5 Å². The molecule has 1 aromatic carbocycles. The zero-order valence-corrected chi connectivity index (χ0v) is 24.9. The number of amides is 3. The average Bonchev–Trinajstić information content (AvgIpc) is 3.58. The van der Waals surface area contributed by atoms with Crippen molar-refractivity contribution in [1.82, 2.24) is 30.4 Å². The van der Waals surface area contributed by atoms with E-state index in [1.54, 1.807) is 23.1 Å². The fraction of sp³-hybridized carbons (Fsp3) is 0.500. The lowest BCUT2D eigenvalue weighted by Crippen LogP contribution is -2.61. The van der Waals surface area contributed by atoms with Gasteiger partial charge in [0.1, 0.15) is 12.3 Å². The molecule has 3 aromatic rings. The molecule has 0 spiro atoms. The molecule has 4 N–H and O–H groups in total. The summed E-state index contributed by atoms with van der Waals surface area (Å²) in [7, 11) is 1.46. The lowest BCUT2D eigenvalue weighted by atomic mass is 9.98. The number of nitrogens with one attached hydrogen (secondary N) is 3. The first-order valence-corrected chi connectivity index (χ1v) is 14.8. The van der Waals surface area contributed by atoms with Crippen LogP contribution < -0.4 is 10.6 Å². The third-order valence-electron chi connectivity index (χ3n) is 7.86. The van der Waals surface area contributed by atoms with Gasteiger partial charge in [0.25, 0.3) is 11.8 Å². The molecule has 2 aliphatic rings. The van der Waals surface area contributed by atoms with Gasteiger partial charge in [0.2, 0.25) is 5.91 Å². The van der Waals surface area contributed by atoms with Gasteiger partial charge in [0.15, 0.2) is 5.01 Å². The first kappa shape index (κ1) is 29.5. The molecule has 41 heavy (non-hydrogen) atoms. The van der Waals surface area contributed by atoms with Gasteiger partial charge in [0, 0.05) is 66.1 Å². The molecule has 3 amide bonds. The highest BCUT2D eigenvalue weighted by Gasteiger charge is 2.36. The van der Waals surface area contributed by atoms with Gasteiger partial charge in [-0.2, -0.15) is 0 Å². The van der Waals surface area contributed by atoms with Crippen LogP contribution in [0.5, 0.6) is 0 Å². The molecule has 4 heterocycles. The second-order valence-corrected chi connectivity index (χ2v) is 12.7. The van der Waals surface area contributed by atoms with E-state index in [1.807, 2.05) is 19.9 Å². The van der Waals surface area contributed by atoms with Crippen LogP contribution in [-0.4, -0.2) is 100 Å². The van der Waals surface area contributed by atoms with E-state index >= 15 is 0 Å². The van der Waals surface area contributed by atoms with E-state index in [9.17, 15) is 19.5 Å². The molecule has 2 aliphatic heterocycles. The Morgan fingerprint density at radius 2 is 1.98 bits per heavy atom. The Hall–Kier alpha value is -3.03. The number of methoxy groups -OCH3 is 1. The topological polar surface area (TPSA) is 140 Å². The highest BCUT2D eigenvalue weighted by Crippen LogP contribution is 2.29. The minimum atomic E-state index is -0.537. The molecule has 0 saturated carbocycles. The molecule has 0 aliphatic carbocycles. The molecule has 13 heteroatoms. The van der Waals surface area contributed by atoms with Crippen molar-refractivity contribution in [2.24, 2.45) is 0 Å². The maximum Gasteiger partial charge on any atom is 0.280 e. The Morgan fingerprint density at radius 1 is 1.20 bits per heavy atom. The molecule has 5 rings (SSSR count). The number of likely N-dealkylation sites (tertiary alicyclic amines) is 1. The second-order valence-electron chi connectivity index (χ2n) is 11.2. The minimum absolute atomic E-state index is 0.0355. The number of piperidine rings is 1. The van der Waals surface area contributed by atoms with Crippen molar-refractivity contribution in [3.8, 4) is 0 Å². The van der Waals surface area contributed by atoms with Crippen LogP contribution in [0.3, 0.4) is 0 Å². The number of aliphatic hydroxyl groups excluding tert-OH is 1. The summed E-state index contributed by atoms with van der Waals surface area (Å²) < 4.78 is 5.03. The van der Waals surface area contributed by atoms with E-state index in [0.717, 1.165) is 28.0 Å². The number of hydrogen-bond donors (Lipinski definition) is 4. The van der Waals surface area contributed by atoms with E-state index in [4.69, 9.17) is 16.3 Å². The molecule has 0 unspecified atom stereocenters. The molecule has 0 bridgehead atoms. The van der Waals surface area contributed by atoms with Crippen molar-refractivity contribution in [2.45, 2.75) is 50.9 Å². The Balaban J connectivity index is 1.32. The van der Waals surface area contributed by atoms with E-state index in [0.29, 0.717) is 41.7 Å². The monoisotopic (exact) mass is 602 g/mol. The molecule has 220 valence electrons. The van der Waals surface area contributed by atoms with Crippen LogP contribution in [0.25, 0.3) is 10.9 Å². The number of fused-ring (bicyclic) bond motifs is 2. The average molecular weight is 603 g/mol. The largest absolute Gasteiger partial charge is 0.394 e. The number of thiazole rings is 1. The summed E-state index contributed by atoms with van der Waals surface area (Å²) >= 11 is 7.44. The third kappa shape index (κ3) is 6.41. The lowest BCUT2D eigenvalue weighted by molar-refractivity contribution is -0.136. The zero-order chi connectivity index (χ0) is 29.3. The highest BCUT2D eigenvalue weighted by molar-refractivity contribution is 7.13. The number of H-pyrrole nitrogens is 1. The summed E-state index contributed by atoms with van der Waals surface area (Å²) in [5.74, 6) is -0.835. The fourth-order valence-electron chi connectivity index (χ4n) is 5.32. The number of halogens is 1. The van der Waals surface area contributed by atoms with Gasteiger partial charge < -0.3 is 30.4 Å². The van der Waals surface area contributed by atoms with Crippen LogP contribution in [0.15, 0.2) is 24.3 Å². The third-order valence-corrected chi connectivity index (χ3v) is 9.18. The number of aromatic nitrogens is 2. The number of carbonyl (C=O) groups excluding carboxylic acids is 3. The normalized spacial score (nSPS) is 19.7. The number of aromatic amines is 1. The Morgan fingerprint density at radius 3 is 2.73 bits per heavy atom. The number of carbonyl (C=O) groups is 3. The predicted molar refractivity (Wildman–Crippen MR) is 156 cm³/mol. The van der Waals surface area contributed by atoms with Gasteiger partial charge in [-0.3, -0.25) is 19.3 Å². The summed E-state index contributed by atoms with van der Waals surface area (Å²) in [6.45, 7) is 5.97. The number of ether oxygens (including phenoxy) is 1. The number of benzene rings is 1. The maximum absolute atomic E-state index is 13.4. The van der Waals surface area contributed by atoms with E-state index in [1.165, 1.54) is 18.4 Å². The van der Waals surface area contributed by atoms with Crippen molar-refractivity contribution in [1.29, 1.82) is 0 Å². The lowest BCUT2D eigenvalue weighted by Gasteiger charge is -2.39. The molecular weight excluding hydrogens is 568 g/mol. The minimum Gasteiger partial charge on any atom is -0.394 e. The van der Waals surface area contributed by atoms with Crippen molar-refractivity contribution in [2.75, 3.05) is 40.0 Å². The van der Waals surface area contributed by atoms with Crippen LogP contribution >= 0.6 is 22.9 Å². The Kier molecular flexibility index (Phi) is 8.67. The first-order valence-electron chi connectivity index (χ1n) is 13.6. The van der Waals surface area contributed by atoms with E-state index in [-0.39, 0.29) is 43.0 Å². The molecule has 1 saturated heterocycles. The summed E-state index contributed by atoms with van der Waals surface area (Å²) in [5.41, 5.74) is 1.70. The van der Waals surface area contributed by atoms with Crippen LogP contribution in [0, 0.1) is 0 Å². The standard InChI is InChI=1S/C28H35ClN6O5S/c1-28(2,15-36)35-9-7-20-23(13-35)41-27(33-20)26(39)32-22-12-34(24(37)14-40-3)8-6-19(22)31-25(38)21-11-16-10-17(29)4-5-18(16)30-21/h4-5,10-11,19,22,30,36H,6-9,12-15H2,1-3H3,(H,31,38)(H,32,39)/t19-,22+/m0/s1. The molecule has 1 fully saturated rings. The fourth-order valence-corrected chi connectivity index (χ4v) is 6.53. The molecule has 2 aromatic heterocycles. The number of aliphatic hydroxyl groups is 1. The van der Waals surface area contributed by atoms with Gasteiger partial charge in [-0.15, -0.1) is 11.3 Å². The molecule has 0 radical (unpaired) electrons. The van der Waals surface area contributed by atoms with Gasteiger partial charge in [0.05, 0.1) is 24.4 Å². The van der Waals surface area contributed by atoms with Crippen molar-refractivity contribution < 1.29 is 24.2 Å². The summed E-state index contributed by atoms with van der Waals surface area (Å²) in [6, 6.07) is 6.14. The first-order chi connectivity index (χ1) is 19.6. The van der Waals surface area contributed by atoms with Crippen LogP contribution in [0.2, 0.25) is 5.02 Å². The van der Waals surface area contributed by atoms with Crippen molar-refractivity contribution in [3.05, 3.63) is 50.6 Å². The molecule has 2 atom stereocenters. The van der Waals surface area contributed by atoms with E-state index < -0.39 is 12.1 Å². The SMILES string of the molecule is COCC(=O)N1CC[C@H](NC(=O)c2cc3cc(Cl)ccc3[nH]2)[C@H](NC(=O)c2nc3c(s2)CN(C(C)(C)CO)CC3)C1. The number of nitrogens with zero attached hydrogens (tertiary/aromatic N) is 3. The van der Waals surface area contributed by atoms with Gasteiger partial charge in [-0.05, 0) is 44.5 Å². The zero-order valence-electron chi connectivity index (χ0n) is 23.3. The Labute approximate surface area is 247 Å². The van der Waals surface area contributed by atoms with Crippen LogP contribution in [0.1, 0.15) is 51.1 Å². The van der Waals surface area contributed by atoms with Crippen LogP contribution in [-0.2, 0) is 22.5 Å². The van der Waals surface area contributed by atoms with Crippen molar-refractivity contribution in [3.63, 3.8) is 0 Å². The van der Waals surface area contributed by atoms with Crippen LogP contribution in [0.4, 0.5) is 0 Å². The second kappa shape index (κ2) is 12.1. The quantitative estimate of drug-likeness (QED) is 0.310. The predicted octanol–water partition coefficient (Wildman–Crippen LogP) is 2.18. The maximum atomic E-state index is 13.4. The number of rotatable bonds is 8. The highest BCUT2D eigenvalue weighted by atomic mass is 35.5. The molecule has 11 nitrogen and oxygen atoms in total.